The highest BCUT2D eigenvalue weighted by molar-refractivity contribution is 7.89. The fraction of sp³-hybridized carbons (Fsp3) is 0.381. The lowest BCUT2D eigenvalue weighted by Crippen LogP contribution is -2.38. The maximum atomic E-state index is 13.0. The Kier molecular flexibility index (Phi) is 6.82. The molecule has 0 bridgehead atoms. The summed E-state index contributed by atoms with van der Waals surface area (Å²) in [5.74, 6) is 0.749. The van der Waals surface area contributed by atoms with E-state index in [1.54, 1.807) is 29.2 Å². The van der Waals surface area contributed by atoms with Crippen LogP contribution in [0.2, 0.25) is 5.02 Å². The van der Waals surface area contributed by atoms with Gasteiger partial charge in [0.1, 0.15) is 5.75 Å². The van der Waals surface area contributed by atoms with Crippen molar-refractivity contribution < 1.29 is 17.9 Å². The Morgan fingerprint density at radius 2 is 1.83 bits per heavy atom. The smallest absolute Gasteiger partial charge is 0.257 e. The van der Waals surface area contributed by atoms with Gasteiger partial charge < -0.3 is 9.64 Å². The molecule has 3 rings (SSSR count). The van der Waals surface area contributed by atoms with E-state index in [0.29, 0.717) is 29.8 Å². The van der Waals surface area contributed by atoms with Gasteiger partial charge in [-0.3, -0.25) is 4.79 Å². The van der Waals surface area contributed by atoms with Crippen LogP contribution < -0.4 is 9.46 Å². The topological polar surface area (TPSA) is 75.7 Å². The fourth-order valence-electron chi connectivity index (χ4n) is 3.27. The number of nitrogens with zero attached hydrogens (tertiary/aromatic N) is 1. The van der Waals surface area contributed by atoms with E-state index in [1.165, 1.54) is 25.3 Å². The van der Waals surface area contributed by atoms with Crippen LogP contribution in [0.4, 0.5) is 0 Å². The molecule has 0 radical (unpaired) electrons. The summed E-state index contributed by atoms with van der Waals surface area (Å²) in [4.78, 5) is 14.8. The first-order valence-electron chi connectivity index (χ1n) is 9.51. The van der Waals surface area contributed by atoms with Crippen LogP contribution in [0, 0.1) is 5.92 Å². The number of methoxy groups -OCH3 is 1. The third-order valence-electron chi connectivity index (χ3n) is 5.16. The van der Waals surface area contributed by atoms with Crippen molar-refractivity contribution in [2.45, 2.75) is 31.2 Å². The molecular weight excluding hydrogens is 412 g/mol. The Morgan fingerprint density at radius 3 is 2.45 bits per heavy atom. The molecule has 1 amide bonds. The number of rotatable bonds is 6. The molecule has 0 aromatic heterocycles. The summed E-state index contributed by atoms with van der Waals surface area (Å²) in [6.45, 7) is 3.62. The minimum atomic E-state index is -3.80. The van der Waals surface area contributed by atoms with Gasteiger partial charge in [0.25, 0.3) is 5.91 Å². The third kappa shape index (κ3) is 5.29. The Bertz CT molecular complexity index is 969. The van der Waals surface area contributed by atoms with Crippen molar-refractivity contribution in [2.24, 2.45) is 5.92 Å². The molecule has 8 heteroatoms. The third-order valence-corrected chi connectivity index (χ3v) is 6.81. The van der Waals surface area contributed by atoms with E-state index in [4.69, 9.17) is 16.3 Å². The number of halogens is 1. The van der Waals surface area contributed by atoms with Crippen molar-refractivity contribution in [3.63, 3.8) is 0 Å². The van der Waals surface area contributed by atoms with E-state index in [1.807, 2.05) is 0 Å². The predicted octanol–water partition coefficient (Wildman–Crippen LogP) is 3.70. The second-order valence-corrected chi connectivity index (χ2v) is 9.49. The van der Waals surface area contributed by atoms with Gasteiger partial charge in [0.05, 0.1) is 17.6 Å². The van der Waals surface area contributed by atoms with E-state index in [9.17, 15) is 13.2 Å². The van der Waals surface area contributed by atoms with Crippen LogP contribution in [-0.2, 0) is 16.6 Å². The molecule has 1 aliphatic rings. The summed E-state index contributed by atoms with van der Waals surface area (Å²) in [5.41, 5.74) is 1.04. The molecule has 156 valence electrons. The quantitative estimate of drug-likeness (QED) is 0.749. The minimum absolute atomic E-state index is 0.0287. The molecule has 0 spiro atoms. The second-order valence-electron chi connectivity index (χ2n) is 7.29. The monoisotopic (exact) mass is 436 g/mol. The number of ether oxygens (including phenoxy) is 1. The Labute approximate surface area is 176 Å². The minimum Gasteiger partial charge on any atom is -0.496 e. The van der Waals surface area contributed by atoms with E-state index in [-0.39, 0.29) is 22.9 Å². The Hall–Kier alpha value is -2.09. The Balaban J connectivity index is 1.81. The molecular formula is C21H25ClN2O4S. The number of amides is 1. The van der Waals surface area contributed by atoms with Crippen LogP contribution in [0.3, 0.4) is 0 Å². The van der Waals surface area contributed by atoms with Crippen LogP contribution in [0.15, 0.2) is 47.4 Å². The molecule has 0 atom stereocenters. The number of nitrogens with one attached hydrogen (secondary N) is 1. The maximum absolute atomic E-state index is 13.0. The van der Waals surface area contributed by atoms with Gasteiger partial charge in [0.15, 0.2) is 0 Å². The molecule has 0 aliphatic carbocycles. The lowest BCUT2D eigenvalue weighted by molar-refractivity contribution is 0.0693. The maximum Gasteiger partial charge on any atom is 0.257 e. The van der Waals surface area contributed by atoms with Crippen molar-refractivity contribution in [3.8, 4) is 5.75 Å². The average molecular weight is 437 g/mol. The van der Waals surface area contributed by atoms with Crippen LogP contribution in [0.1, 0.15) is 35.7 Å². The van der Waals surface area contributed by atoms with Crippen LogP contribution >= 0.6 is 11.6 Å². The van der Waals surface area contributed by atoms with Crippen molar-refractivity contribution in [3.05, 3.63) is 58.6 Å². The number of sulfonamides is 1. The summed E-state index contributed by atoms with van der Waals surface area (Å²) >= 11 is 5.86. The summed E-state index contributed by atoms with van der Waals surface area (Å²) in [7, 11) is -2.33. The number of benzene rings is 2. The molecule has 1 N–H and O–H groups in total. The van der Waals surface area contributed by atoms with Gasteiger partial charge in [-0.2, -0.15) is 0 Å². The Morgan fingerprint density at radius 1 is 1.17 bits per heavy atom. The van der Waals surface area contributed by atoms with Gasteiger partial charge in [-0.25, -0.2) is 13.1 Å². The normalized spacial score (nSPS) is 15.3. The highest BCUT2D eigenvalue weighted by Crippen LogP contribution is 2.26. The van der Waals surface area contributed by atoms with Crippen molar-refractivity contribution in [2.75, 3.05) is 20.2 Å². The van der Waals surface area contributed by atoms with Gasteiger partial charge >= 0.3 is 0 Å². The number of piperidine rings is 1. The molecule has 1 heterocycles. The molecule has 29 heavy (non-hydrogen) atoms. The molecule has 6 nitrogen and oxygen atoms in total. The molecule has 0 saturated carbocycles. The lowest BCUT2D eigenvalue weighted by Gasteiger charge is -2.30. The van der Waals surface area contributed by atoms with E-state index in [0.717, 1.165) is 18.4 Å². The lowest BCUT2D eigenvalue weighted by atomic mass is 9.98. The van der Waals surface area contributed by atoms with Crippen LogP contribution in [0.25, 0.3) is 0 Å². The van der Waals surface area contributed by atoms with E-state index in [2.05, 4.69) is 11.6 Å². The first-order valence-corrected chi connectivity index (χ1v) is 11.4. The van der Waals surface area contributed by atoms with Crippen molar-refractivity contribution in [1.82, 2.24) is 9.62 Å². The molecule has 2 aromatic rings. The predicted molar refractivity (Wildman–Crippen MR) is 113 cm³/mol. The number of carbonyl (C=O) groups is 1. The second kappa shape index (κ2) is 9.15. The zero-order chi connectivity index (χ0) is 21.0. The van der Waals surface area contributed by atoms with Gasteiger partial charge in [-0.15, -0.1) is 0 Å². The zero-order valence-electron chi connectivity index (χ0n) is 16.5. The molecule has 1 saturated heterocycles. The highest BCUT2D eigenvalue weighted by atomic mass is 35.5. The van der Waals surface area contributed by atoms with E-state index < -0.39 is 10.0 Å². The molecule has 2 aromatic carbocycles. The van der Waals surface area contributed by atoms with E-state index >= 15 is 0 Å². The van der Waals surface area contributed by atoms with Gasteiger partial charge in [-0.1, -0.05) is 30.7 Å². The van der Waals surface area contributed by atoms with Crippen LogP contribution in [0.5, 0.6) is 5.75 Å². The SMILES string of the molecule is COc1ccc(S(=O)(=O)NCc2ccc(Cl)cc2)cc1C(=O)N1CCC(C)CC1. The average Bonchev–Trinajstić information content (AvgIpc) is 2.73. The number of hydrogen-bond acceptors (Lipinski definition) is 4. The standard InChI is InChI=1S/C21H25ClN2O4S/c1-15-9-11-24(12-10-15)21(25)19-13-18(7-8-20(19)28-2)29(26,27)23-14-16-3-5-17(22)6-4-16/h3-8,13,15,23H,9-12,14H2,1-2H3. The summed E-state index contributed by atoms with van der Waals surface area (Å²) in [6.07, 6.45) is 1.88. The van der Waals surface area contributed by atoms with Crippen molar-refractivity contribution >= 4 is 27.5 Å². The molecule has 1 aliphatic heterocycles. The first kappa shape index (κ1) is 21.6. The zero-order valence-corrected chi connectivity index (χ0v) is 18.1. The largest absolute Gasteiger partial charge is 0.496 e. The van der Waals surface area contributed by atoms with Crippen molar-refractivity contribution in [1.29, 1.82) is 0 Å². The molecule has 1 fully saturated rings. The number of hydrogen-bond donors (Lipinski definition) is 1. The summed E-state index contributed by atoms with van der Waals surface area (Å²) in [5, 5.41) is 0.585. The molecule has 0 unspecified atom stereocenters. The summed E-state index contributed by atoms with van der Waals surface area (Å²) < 4.78 is 33.4. The fourth-order valence-corrected chi connectivity index (χ4v) is 4.44. The van der Waals surface area contributed by atoms with Gasteiger partial charge in [-0.05, 0) is 54.7 Å². The van der Waals surface area contributed by atoms with Gasteiger partial charge in [0.2, 0.25) is 10.0 Å². The highest BCUT2D eigenvalue weighted by Gasteiger charge is 2.26. The number of likely N-dealkylation sites (tertiary alicyclic amines) is 1. The van der Waals surface area contributed by atoms with Crippen LogP contribution in [-0.4, -0.2) is 39.4 Å². The number of carbonyl (C=O) groups excluding carboxylic acids is 1. The van der Waals surface area contributed by atoms with Gasteiger partial charge in [0, 0.05) is 24.7 Å². The summed E-state index contributed by atoms with van der Waals surface area (Å²) in [6, 6.07) is 11.3. The first-order chi connectivity index (χ1) is 13.8.